The van der Waals surface area contributed by atoms with Crippen LogP contribution in [0.2, 0.25) is 0 Å². The molecule has 3 aliphatic rings. The van der Waals surface area contributed by atoms with E-state index in [1.807, 2.05) is 5.41 Å². The van der Waals surface area contributed by atoms with Crippen LogP contribution < -0.4 is 0 Å². The molecule has 0 atom stereocenters. The fourth-order valence-corrected chi connectivity index (χ4v) is 10.1. The highest BCUT2D eigenvalue weighted by atomic mass is 32.1. The van der Waals surface area contributed by atoms with Crippen molar-refractivity contribution in [3.63, 3.8) is 0 Å². The van der Waals surface area contributed by atoms with Gasteiger partial charge in [-0.05, 0) is 151 Å². The fourth-order valence-electron chi connectivity index (χ4n) is 9.87. The van der Waals surface area contributed by atoms with Crippen molar-refractivity contribution in [3.05, 3.63) is 214 Å². The van der Waals surface area contributed by atoms with Crippen LogP contribution in [-0.4, -0.2) is 4.57 Å². The van der Waals surface area contributed by atoms with Gasteiger partial charge in [0.1, 0.15) is 0 Å². The van der Waals surface area contributed by atoms with E-state index in [0.29, 0.717) is 0 Å². The van der Waals surface area contributed by atoms with Crippen molar-refractivity contribution in [2.24, 2.45) is 0 Å². The summed E-state index contributed by atoms with van der Waals surface area (Å²) in [6.07, 6.45) is 19.1. The highest BCUT2D eigenvalue weighted by Crippen LogP contribution is 2.45. The second-order valence-corrected chi connectivity index (χ2v) is 15.8. The maximum atomic E-state index is 4.73. The minimum Gasteiger partial charge on any atom is -0.310 e. The molecule has 1 nitrogen and oxygen atoms in total. The molecule has 0 amide bonds. The van der Waals surface area contributed by atoms with Crippen molar-refractivity contribution in [1.82, 2.24) is 4.57 Å². The molecule has 0 saturated carbocycles. The van der Waals surface area contributed by atoms with E-state index in [1.165, 1.54) is 106 Å². The number of allylic oxidation sites excluding steroid dienone is 8. The first-order valence-corrected chi connectivity index (χ1v) is 20.7. The average molecular weight is 748 g/mol. The summed E-state index contributed by atoms with van der Waals surface area (Å²) in [5.41, 5.74) is 19.8. The molecule has 272 valence electrons. The van der Waals surface area contributed by atoms with Crippen LogP contribution >= 0.6 is 12.6 Å². The zero-order valence-corrected chi connectivity index (χ0v) is 32.6. The van der Waals surface area contributed by atoms with Gasteiger partial charge in [-0.15, -0.1) is 0 Å². The molecule has 0 aliphatic heterocycles. The molecule has 57 heavy (non-hydrogen) atoms. The van der Waals surface area contributed by atoms with Gasteiger partial charge in [-0.3, -0.25) is 0 Å². The highest BCUT2D eigenvalue weighted by molar-refractivity contribution is 7.83. The Bertz CT molecular complexity index is 3030. The molecular formula is C55H41NS. The molecule has 1 aromatic heterocycles. The van der Waals surface area contributed by atoms with Crippen LogP contribution in [0.5, 0.6) is 0 Å². The molecule has 1 heterocycles. The molecule has 0 fully saturated rings. The smallest absolute Gasteiger partial charge is 0.0538 e. The molecule has 0 unspecified atom stereocenters. The number of rotatable bonds is 7. The van der Waals surface area contributed by atoms with Crippen LogP contribution in [0.4, 0.5) is 0 Å². The van der Waals surface area contributed by atoms with Crippen molar-refractivity contribution in [3.8, 4) is 27.9 Å². The van der Waals surface area contributed by atoms with Gasteiger partial charge in [0.05, 0.1) is 11.2 Å². The maximum Gasteiger partial charge on any atom is 0.0538 e. The average Bonchev–Trinajstić information content (AvgIpc) is 3.98. The van der Waals surface area contributed by atoms with Gasteiger partial charge in [0.15, 0.2) is 0 Å². The minimum absolute atomic E-state index is 0.909. The van der Waals surface area contributed by atoms with Crippen LogP contribution in [0.25, 0.3) is 77.6 Å². The number of thiol groups is 1. The van der Waals surface area contributed by atoms with E-state index in [1.54, 1.807) is 5.57 Å². The molecule has 7 aromatic carbocycles. The summed E-state index contributed by atoms with van der Waals surface area (Å²) in [4.78, 5) is 0. The summed E-state index contributed by atoms with van der Waals surface area (Å²) in [6, 6.07) is 51.6. The Kier molecular flexibility index (Phi) is 8.33. The van der Waals surface area contributed by atoms with Gasteiger partial charge in [-0.25, -0.2) is 0 Å². The summed E-state index contributed by atoms with van der Waals surface area (Å²) >= 11 is 4.73. The first-order valence-electron chi connectivity index (χ1n) is 20.2. The predicted molar refractivity (Wildman–Crippen MR) is 247 cm³/mol. The number of benzene rings is 7. The molecule has 2 heteroatoms. The molecular weight excluding hydrogens is 707 g/mol. The summed E-state index contributed by atoms with van der Waals surface area (Å²) in [5.74, 6) is 0. The van der Waals surface area contributed by atoms with Gasteiger partial charge in [0.25, 0.3) is 0 Å². The standard InChI is InChI=1S/C55H41NS/c57-35-41(20-10-17-36-18-12-27-44-43-22-5-4-16-39(43)34-50(36)44)38-30-31-53-51(33-38)45-28-13-29-52(45)56(53)42-21-11-19-40(32-42)55-48-25-8-6-23-46(48)54(37-14-2-1-3-15-37)47-24-7-9-26-49(47)55/h1-3,5-15,18-27,29-33,35,57H,4,16-17,28,34H2/b20-10-,41-35+. The lowest BCUT2D eigenvalue weighted by Gasteiger charge is -2.18. The molecule has 0 bridgehead atoms. The Morgan fingerprint density at radius 2 is 1.35 bits per heavy atom. The van der Waals surface area contributed by atoms with Gasteiger partial charge in [0, 0.05) is 11.1 Å². The maximum absolute atomic E-state index is 4.73. The molecule has 3 aliphatic carbocycles. The Balaban J connectivity index is 0.968. The highest BCUT2D eigenvalue weighted by Gasteiger charge is 2.24. The van der Waals surface area contributed by atoms with Crippen LogP contribution in [0.3, 0.4) is 0 Å². The Hall–Kier alpha value is -6.35. The number of nitrogens with zero attached hydrogens (tertiary/aromatic N) is 1. The largest absolute Gasteiger partial charge is 0.310 e. The first-order chi connectivity index (χ1) is 28.2. The number of aromatic nitrogens is 1. The van der Waals surface area contributed by atoms with Crippen molar-refractivity contribution in [2.75, 3.05) is 0 Å². The van der Waals surface area contributed by atoms with E-state index in [-0.39, 0.29) is 0 Å². The van der Waals surface area contributed by atoms with Gasteiger partial charge in [0.2, 0.25) is 0 Å². The van der Waals surface area contributed by atoms with Crippen molar-refractivity contribution < 1.29 is 0 Å². The molecule has 0 N–H and O–H groups in total. The minimum atomic E-state index is 0.909. The van der Waals surface area contributed by atoms with E-state index in [2.05, 4.69) is 181 Å². The summed E-state index contributed by atoms with van der Waals surface area (Å²) in [7, 11) is 0. The monoisotopic (exact) mass is 747 g/mol. The molecule has 0 spiro atoms. The predicted octanol–water partition coefficient (Wildman–Crippen LogP) is 14.6. The molecule has 0 saturated heterocycles. The third-order valence-corrected chi connectivity index (χ3v) is 12.7. The van der Waals surface area contributed by atoms with Gasteiger partial charge < -0.3 is 4.57 Å². The SMILES string of the molecule is S/C=C(\C=C/Cc1cccc2c1CC1=C2C=CCC1)c1ccc2c(c1)c1c(n2-c2cccc(-c3c4ccccc4c(-c4ccccc4)c4ccccc34)c2)C=CC1. The molecule has 0 radical (unpaired) electrons. The summed E-state index contributed by atoms with van der Waals surface area (Å²) in [6.45, 7) is 0. The summed E-state index contributed by atoms with van der Waals surface area (Å²) < 4.78 is 2.46. The van der Waals surface area contributed by atoms with Crippen LogP contribution in [0.15, 0.2) is 181 Å². The van der Waals surface area contributed by atoms with Gasteiger partial charge >= 0.3 is 0 Å². The molecule has 8 aromatic rings. The van der Waals surface area contributed by atoms with Crippen LogP contribution in [0.1, 0.15) is 46.4 Å². The van der Waals surface area contributed by atoms with E-state index in [0.717, 1.165) is 31.3 Å². The third kappa shape index (κ3) is 5.62. The van der Waals surface area contributed by atoms with Gasteiger partial charge in [-0.1, -0.05) is 151 Å². The quantitative estimate of drug-likeness (QED) is 0.0941. The Labute approximate surface area is 339 Å². The van der Waals surface area contributed by atoms with Crippen LogP contribution in [0, 0.1) is 0 Å². The van der Waals surface area contributed by atoms with Crippen LogP contribution in [-0.2, 0) is 19.3 Å². The molecule has 11 rings (SSSR count). The van der Waals surface area contributed by atoms with E-state index in [9.17, 15) is 0 Å². The lowest BCUT2D eigenvalue weighted by atomic mass is 9.86. The summed E-state index contributed by atoms with van der Waals surface area (Å²) in [5, 5.41) is 8.33. The topological polar surface area (TPSA) is 4.93 Å². The fraction of sp³-hybridized carbons (Fsp3) is 0.0909. The van der Waals surface area contributed by atoms with Gasteiger partial charge in [-0.2, -0.15) is 12.6 Å². The third-order valence-electron chi connectivity index (χ3n) is 12.4. The van der Waals surface area contributed by atoms with Crippen molar-refractivity contribution in [1.29, 1.82) is 0 Å². The lowest BCUT2D eigenvalue weighted by molar-refractivity contribution is 0.930. The lowest BCUT2D eigenvalue weighted by Crippen LogP contribution is -1.97. The second kappa shape index (κ2) is 14.0. The van der Waals surface area contributed by atoms with Crippen molar-refractivity contribution >= 4 is 62.3 Å². The van der Waals surface area contributed by atoms with Crippen molar-refractivity contribution in [2.45, 2.75) is 32.1 Å². The number of hydrogen-bond donors (Lipinski definition) is 1. The number of fused-ring (bicyclic) bond motifs is 7. The first kappa shape index (κ1) is 33.9. The zero-order valence-electron chi connectivity index (χ0n) is 31.8. The normalized spacial score (nSPS) is 14.7. The van der Waals surface area contributed by atoms with E-state index >= 15 is 0 Å². The van der Waals surface area contributed by atoms with E-state index < -0.39 is 0 Å². The second-order valence-electron chi connectivity index (χ2n) is 15.6. The Morgan fingerprint density at radius 3 is 2.12 bits per heavy atom. The Morgan fingerprint density at radius 1 is 0.632 bits per heavy atom. The zero-order chi connectivity index (χ0) is 37.9. The van der Waals surface area contributed by atoms with E-state index in [4.69, 9.17) is 12.6 Å². The number of hydrogen-bond acceptors (Lipinski definition) is 1.